The highest BCUT2D eigenvalue weighted by atomic mass is 19.3. The van der Waals surface area contributed by atoms with E-state index in [1.807, 2.05) is 18.7 Å². The zero-order valence-corrected chi connectivity index (χ0v) is 8.26. The summed E-state index contributed by atoms with van der Waals surface area (Å²) in [6.45, 7) is 5.66. The van der Waals surface area contributed by atoms with Gasteiger partial charge < -0.3 is 5.32 Å². The highest BCUT2D eigenvalue weighted by Crippen LogP contribution is 2.13. The average Bonchev–Trinajstić information content (AvgIpc) is 2.50. The number of nitrogens with one attached hydrogen (secondary N) is 1. The van der Waals surface area contributed by atoms with Gasteiger partial charge in [-0.15, -0.1) is 0 Å². The molecule has 1 aliphatic heterocycles. The first-order valence-corrected chi connectivity index (χ1v) is 4.86. The Morgan fingerprint density at radius 2 is 2.15 bits per heavy atom. The summed E-state index contributed by atoms with van der Waals surface area (Å²) in [5.41, 5.74) is 0. The zero-order valence-electron chi connectivity index (χ0n) is 8.26. The van der Waals surface area contributed by atoms with Crippen LogP contribution in [0.5, 0.6) is 0 Å². The largest absolute Gasteiger partial charge is 0.315 e. The third-order valence-electron chi connectivity index (χ3n) is 2.52. The van der Waals surface area contributed by atoms with Crippen LogP contribution in [0.4, 0.5) is 8.78 Å². The summed E-state index contributed by atoms with van der Waals surface area (Å²) in [7, 11) is 0. The van der Waals surface area contributed by atoms with Gasteiger partial charge in [0, 0.05) is 18.6 Å². The molecule has 78 valence electrons. The monoisotopic (exact) mass is 192 g/mol. The minimum atomic E-state index is -2.22. The van der Waals surface area contributed by atoms with Crippen molar-refractivity contribution in [3.63, 3.8) is 0 Å². The van der Waals surface area contributed by atoms with Gasteiger partial charge in [0.15, 0.2) is 0 Å². The van der Waals surface area contributed by atoms with Crippen LogP contribution in [0.2, 0.25) is 0 Å². The molecule has 0 amide bonds. The Hall–Kier alpha value is -0.220. The van der Waals surface area contributed by atoms with Gasteiger partial charge >= 0.3 is 0 Å². The Balaban J connectivity index is 2.45. The van der Waals surface area contributed by atoms with Crippen LogP contribution in [0.1, 0.15) is 20.3 Å². The second-order valence-electron chi connectivity index (χ2n) is 3.83. The summed E-state index contributed by atoms with van der Waals surface area (Å²) in [4.78, 5) is 1.89. The number of alkyl halides is 2. The van der Waals surface area contributed by atoms with E-state index in [1.165, 1.54) is 0 Å². The van der Waals surface area contributed by atoms with E-state index in [9.17, 15) is 8.78 Å². The van der Waals surface area contributed by atoms with Crippen molar-refractivity contribution < 1.29 is 8.78 Å². The van der Waals surface area contributed by atoms with E-state index in [0.717, 1.165) is 19.5 Å². The van der Waals surface area contributed by atoms with Crippen molar-refractivity contribution in [1.82, 2.24) is 10.2 Å². The Bertz CT molecular complexity index is 145. The van der Waals surface area contributed by atoms with E-state index in [4.69, 9.17) is 0 Å². The minimum absolute atomic E-state index is 0.0932. The molecule has 1 N–H and O–H groups in total. The quantitative estimate of drug-likeness (QED) is 0.722. The van der Waals surface area contributed by atoms with Crippen LogP contribution in [0.3, 0.4) is 0 Å². The summed E-state index contributed by atoms with van der Waals surface area (Å²) in [5.74, 6) is 0. The van der Waals surface area contributed by atoms with E-state index < -0.39 is 6.43 Å². The SMILES string of the molecule is CC(C)N(CC(F)F)C1CCNC1. The van der Waals surface area contributed by atoms with Crippen LogP contribution in [0.15, 0.2) is 0 Å². The van der Waals surface area contributed by atoms with Crippen molar-refractivity contribution in [2.45, 2.75) is 38.8 Å². The van der Waals surface area contributed by atoms with Gasteiger partial charge in [-0.05, 0) is 26.8 Å². The fraction of sp³-hybridized carbons (Fsp3) is 1.00. The number of rotatable bonds is 4. The van der Waals surface area contributed by atoms with Crippen LogP contribution in [-0.2, 0) is 0 Å². The molecule has 13 heavy (non-hydrogen) atoms. The van der Waals surface area contributed by atoms with Gasteiger partial charge in [0.05, 0.1) is 6.54 Å². The molecule has 0 saturated carbocycles. The lowest BCUT2D eigenvalue weighted by Gasteiger charge is -2.31. The molecule has 1 rings (SSSR count). The summed E-state index contributed by atoms with van der Waals surface area (Å²) in [6, 6.07) is 0.507. The van der Waals surface area contributed by atoms with E-state index >= 15 is 0 Å². The van der Waals surface area contributed by atoms with Crippen molar-refractivity contribution in [1.29, 1.82) is 0 Å². The van der Waals surface area contributed by atoms with Crippen molar-refractivity contribution in [2.24, 2.45) is 0 Å². The maximum atomic E-state index is 12.2. The normalized spacial score (nSPS) is 23.8. The molecule has 2 nitrogen and oxygen atoms in total. The standard InChI is InChI=1S/C9H18F2N2/c1-7(2)13(6-9(10)11)8-3-4-12-5-8/h7-9,12H,3-6H2,1-2H3. The number of nitrogens with zero attached hydrogens (tertiary/aromatic N) is 1. The summed E-state index contributed by atoms with van der Waals surface area (Å²) in [6.07, 6.45) is -1.23. The van der Waals surface area contributed by atoms with Crippen LogP contribution in [0.25, 0.3) is 0 Å². The third kappa shape index (κ3) is 3.19. The van der Waals surface area contributed by atoms with Gasteiger partial charge in [-0.2, -0.15) is 0 Å². The molecule has 1 atom stereocenters. The van der Waals surface area contributed by atoms with Gasteiger partial charge in [-0.3, -0.25) is 4.90 Å². The van der Waals surface area contributed by atoms with Crippen molar-refractivity contribution >= 4 is 0 Å². The molecule has 4 heteroatoms. The minimum Gasteiger partial charge on any atom is -0.315 e. The molecule has 1 aliphatic rings. The maximum absolute atomic E-state index is 12.2. The summed E-state index contributed by atoms with van der Waals surface area (Å²) < 4.78 is 24.5. The van der Waals surface area contributed by atoms with E-state index in [2.05, 4.69) is 5.32 Å². The fourth-order valence-corrected chi connectivity index (χ4v) is 1.86. The van der Waals surface area contributed by atoms with Crippen LogP contribution in [-0.4, -0.2) is 43.0 Å². The van der Waals surface area contributed by atoms with Crippen LogP contribution >= 0.6 is 0 Å². The molecule has 0 aliphatic carbocycles. The first-order valence-electron chi connectivity index (χ1n) is 4.86. The number of halogens is 2. The first-order chi connectivity index (χ1) is 6.11. The Kier molecular flexibility index (Phi) is 4.06. The molecule has 0 aromatic carbocycles. The Morgan fingerprint density at radius 1 is 1.46 bits per heavy atom. The lowest BCUT2D eigenvalue weighted by Crippen LogP contribution is -2.44. The van der Waals surface area contributed by atoms with Crippen molar-refractivity contribution in [3.8, 4) is 0 Å². The molecule has 0 aromatic heterocycles. The van der Waals surface area contributed by atoms with Crippen LogP contribution in [0, 0.1) is 0 Å². The zero-order chi connectivity index (χ0) is 9.84. The summed E-state index contributed by atoms with van der Waals surface area (Å²) >= 11 is 0. The second kappa shape index (κ2) is 4.86. The Labute approximate surface area is 78.3 Å². The molecule has 0 aromatic rings. The lowest BCUT2D eigenvalue weighted by atomic mass is 10.2. The highest BCUT2D eigenvalue weighted by Gasteiger charge is 2.26. The van der Waals surface area contributed by atoms with E-state index in [0.29, 0.717) is 6.04 Å². The number of hydrogen-bond donors (Lipinski definition) is 1. The van der Waals surface area contributed by atoms with Gasteiger partial charge in [-0.1, -0.05) is 0 Å². The van der Waals surface area contributed by atoms with Gasteiger partial charge in [0.2, 0.25) is 0 Å². The third-order valence-corrected chi connectivity index (χ3v) is 2.52. The van der Waals surface area contributed by atoms with Crippen molar-refractivity contribution in [2.75, 3.05) is 19.6 Å². The van der Waals surface area contributed by atoms with Crippen LogP contribution < -0.4 is 5.32 Å². The molecule has 1 unspecified atom stereocenters. The van der Waals surface area contributed by atoms with Gasteiger partial charge in [-0.25, -0.2) is 8.78 Å². The topological polar surface area (TPSA) is 15.3 Å². The van der Waals surface area contributed by atoms with Gasteiger partial charge in [0.1, 0.15) is 0 Å². The predicted molar refractivity (Wildman–Crippen MR) is 49.1 cm³/mol. The first kappa shape index (κ1) is 10.9. The lowest BCUT2D eigenvalue weighted by molar-refractivity contribution is 0.0518. The second-order valence-corrected chi connectivity index (χ2v) is 3.83. The molecular weight excluding hydrogens is 174 g/mol. The molecule has 1 saturated heterocycles. The molecular formula is C9H18F2N2. The maximum Gasteiger partial charge on any atom is 0.251 e. The van der Waals surface area contributed by atoms with Crippen molar-refractivity contribution in [3.05, 3.63) is 0 Å². The Morgan fingerprint density at radius 3 is 2.54 bits per heavy atom. The predicted octanol–water partition coefficient (Wildman–Crippen LogP) is 1.32. The summed E-state index contributed by atoms with van der Waals surface area (Å²) in [5, 5.41) is 3.19. The molecule has 1 heterocycles. The van der Waals surface area contributed by atoms with Gasteiger partial charge in [0.25, 0.3) is 6.43 Å². The highest BCUT2D eigenvalue weighted by molar-refractivity contribution is 4.82. The number of hydrogen-bond acceptors (Lipinski definition) is 2. The average molecular weight is 192 g/mol. The molecule has 0 spiro atoms. The molecule has 0 radical (unpaired) electrons. The smallest absolute Gasteiger partial charge is 0.251 e. The van der Waals surface area contributed by atoms with E-state index in [1.54, 1.807) is 0 Å². The molecule has 1 fully saturated rings. The molecule has 0 bridgehead atoms. The van der Waals surface area contributed by atoms with E-state index in [-0.39, 0.29) is 12.6 Å². The fourth-order valence-electron chi connectivity index (χ4n) is 1.86.